The molecule has 1 unspecified atom stereocenters. The minimum atomic E-state index is -0.400. The van der Waals surface area contributed by atoms with Crippen LogP contribution < -0.4 is 4.74 Å². The number of halogens is 1. The van der Waals surface area contributed by atoms with E-state index in [-0.39, 0.29) is 5.78 Å². The first kappa shape index (κ1) is 14.4. The fourth-order valence-electron chi connectivity index (χ4n) is 2.63. The van der Waals surface area contributed by atoms with Gasteiger partial charge < -0.3 is 4.74 Å². The Labute approximate surface area is 120 Å². The summed E-state index contributed by atoms with van der Waals surface area (Å²) in [5, 5.41) is 0.739. The lowest BCUT2D eigenvalue weighted by molar-refractivity contribution is -0.122. The predicted molar refractivity (Wildman–Crippen MR) is 78.0 cm³/mol. The number of carbonyl (C=O) groups excluding carboxylic acids is 1. The Morgan fingerprint density at radius 2 is 2.00 bits per heavy atom. The zero-order valence-corrected chi connectivity index (χ0v) is 12.4. The van der Waals surface area contributed by atoms with E-state index < -0.39 is 6.10 Å². The average molecular weight is 281 g/mol. The smallest absolute Gasteiger partial charge is 0.169 e. The normalized spacial score (nSPS) is 18.1. The number of hydrogen-bond donors (Lipinski definition) is 0. The van der Waals surface area contributed by atoms with Crippen LogP contribution in [0.1, 0.15) is 57.4 Å². The fourth-order valence-corrected chi connectivity index (χ4v) is 2.81. The minimum absolute atomic E-state index is 0.0459. The van der Waals surface area contributed by atoms with E-state index in [4.69, 9.17) is 16.3 Å². The Hall–Kier alpha value is -1.02. The highest BCUT2D eigenvalue weighted by Crippen LogP contribution is 2.39. The lowest BCUT2D eigenvalue weighted by atomic mass is 9.83. The van der Waals surface area contributed by atoms with Gasteiger partial charge in [-0.25, -0.2) is 0 Å². The standard InChI is InChI=1S/C16H21ClO2/c1-11(18)12(2)19-16-9-8-14(17)10-15(16)13-6-4-3-5-7-13/h8-10,12-13H,3-7H2,1-2H3. The highest BCUT2D eigenvalue weighted by atomic mass is 35.5. The van der Waals surface area contributed by atoms with Crippen LogP contribution >= 0.6 is 11.6 Å². The predicted octanol–water partition coefficient (Wildman–Crippen LogP) is 4.74. The van der Waals surface area contributed by atoms with Crippen LogP contribution in [0.15, 0.2) is 18.2 Å². The van der Waals surface area contributed by atoms with Crippen molar-refractivity contribution in [1.82, 2.24) is 0 Å². The van der Waals surface area contributed by atoms with Crippen molar-refractivity contribution in [1.29, 1.82) is 0 Å². The Morgan fingerprint density at radius 3 is 2.63 bits per heavy atom. The van der Waals surface area contributed by atoms with Crippen molar-refractivity contribution in [3.8, 4) is 5.75 Å². The van der Waals surface area contributed by atoms with Crippen LogP contribution in [0.25, 0.3) is 0 Å². The molecule has 1 aromatic carbocycles. The first-order valence-electron chi connectivity index (χ1n) is 7.04. The van der Waals surface area contributed by atoms with Crippen LogP contribution in [0.5, 0.6) is 5.75 Å². The molecule has 2 nitrogen and oxygen atoms in total. The molecular weight excluding hydrogens is 260 g/mol. The fraction of sp³-hybridized carbons (Fsp3) is 0.562. The van der Waals surface area contributed by atoms with Gasteiger partial charge in [-0.2, -0.15) is 0 Å². The second kappa shape index (κ2) is 6.42. The van der Waals surface area contributed by atoms with Crippen LogP contribution in [0.2, 0.25) is 5.02 Å². The summed E-state index contributed by atoms with van der Waals surface area (Å²) in [6.07, 6.45) is 5.81. The van der Waals surface area contributed by atoms with Crippen LogP contribution in [-0.4, -0.2) is 11.9 Å². The molecule has 0 radical (unpaired) electrons. The summed E-state index contributed by atoms with van der Waals surface area (Å²) in [7, 11) is 0. The van der Waals surface area contributed by atoms with Crippen LogP contribution in [0, 0.1) is 0 Å². The second-order valence-electron chi connectivity index (χ2n) is 5.39. The molecule has 3 heteroatoms. The number of benzene rings is 1. The molecule has 0 aliphatic heterocycles. The maximum absolute atomic E-state index is 11.4. The number of hydrogen-bond acceptors (Lipinski definition) is 2. The quantitative estimate of drug-likeness (QED) is 0.796. The van der Waals surface area contributed by atoms with Crippen LogP contribution in [0.3, 0.4) is 0 Å². The maximum Gasteiger partial charge on any atom is 0.169 e. The molecule has 0 amide bonds. The van der Waals surface area contributed by atoms with Crippen molar-refractivity contribution >= 4 is 17.4 Å². The number of ketones is 1. The van der Waals surface area contributed by atoms with Gasteiger partial charge in [-0.15, -0.1) is 0 Å². The van der Waals surface area contributed by atoms with Gasteiger partial charge in [0.25, 0.3) is 0 Å². The molecule has 1 aliphatic rings. The van der Waals surface area contributed by atoms with E-state index in [9.17, 15) is 4.79 Å². The molecule has 19 heavy (non-hydrogen) atoms. The van der Waals surface area contributed by atoms with E-state index >= 15 is 0 Å². The van der Waals surface area contributed by atoms with Crippen molar-refractivity contribution in [2.75, 3.05) is 0 Å². The molecule has 0 heterocycles. The van der Waals surface area contributed by atoms with Crippen LogP contribution in [0.4, 0.5) is 0 Å². The van der Waals surface area contributed by atoms with E-state index in [0.717, 1.165) is 10.8 Å². The molecule has 0 saturated heterocycles. The number of carbonyl (C=O) groups is 1. The summed E-state index contributed by atoms with van der Waals surface area (Å²) in [6, 6.07) is 5.72. The molecule has 1 atom stereocenters. The van der Waals surface area contributed by atoms with Crippen molar-refractivity contribution in [2.45, 2.75) is 58.0 Å². The summed E-state index contributed by atoms with van der Waals surface area (Å²) in [5.41, 5.74) is 1.17. The summed E-state index contributed by atoms with van der Waals surface area (Å²) >= 11 is 6.11. The molecule has 1 fully saturated rings. The summed E-state index contributed by atoms with van der Waals surface area (Å²) < 4.78 is 5.81. The Kier molecular flexibility index (Phi) is 4.87. The Morgan fingerprint density at radius 1 is 1.32 bits per heavy atom. The van der Waals surface area contributed by atoms with Gasteiger partial charge in [-0.3, -0.25) is 4.79 Å². The molecule has 0 bridgehead atoms. The van der Waals surface area contributed by atoms with Gasteiger partial charge in [0.15, 0.2) is 11.9 Å². The molecule has 0 N–H and O–H groups in total. The average Bonchev–Trinajstić information content (AvgIpc) is 2.41. The molecule has 104 valence electrons. The maximum atomic E-state index is 11.4. The van der Waals surface area contributed by atoms with Crippen molar-refractivity contribution in [2.24, 2.45) is 0 Å². The summed E-state index contributed by atoms with van der Waals surface area (Å²) in [6.45, 7) is 3.35. The Bertz CT molecular complexity index is 450. The second-order valence-corrected chi connectivity index (χ2v) is 5.82. The first-order valence-corrected chi connectivity index (χ1v) is 7.42. The van der Waals surface area contributed by atoms with Crippen molar-refractivity contribution in [3.63, 3.8) is 0 Å². The van der Waals surface area contributed by atoms with Gasteiger partial charge in [0, 0.05) is 5.02 Å². The van der Waals surface area contributed by atoms with E-state index in [1.807, 2.05) is 18.2 Å². The SMILES string of the molecule is CC(=O)C(C)Oc1ccc(Cl)cc1C1CCCCC1. The highest BCUT2D eigenvalue weighted by molar-refractivity contribution is 6.30. The molecule has 1 aliphatic carbocycles. The number of ether oxygens (including phenoxy) is 1. The van der Waals surface area contributed by atoms with E-state index in [1.54, 1.807) is 13.8 Å². The molecule has 0 spiro atoms. The lowest BCUT2D eigenvalue weighted by Gasteiger charge is -2.25. The largest absolute Gasteiger partial charge is 0.483 e. The molecule has 0 aromatic heterocycles. The van der Waals surface area contributed by atoms with Crippen LogP contribution in [-0.2, 0) is 4.79 Å². The number of rotatable bonds is 4. The number of Topliss-reactive ketones (excluding diaryl/α,β-unsaturated/α-hetero) is 1. The van der Waals surface area contributed by atoms with E-state index in [2.05, 4.69) is 0 Å². The monoisotopic (exact) mass is 280 g/mol. The van der Waals surface area contributed by atoms with Gasteiger partial charge in [0.1, 0.15) is 5.75 Å². The van der Waals surface area contributed by atoms with Gasteiger partial charge in [0.05, 0.1) is 0 Å². The molecule has 1 saturated carbocycles. The van der Waals surface area contributed by atoms with E-state index in [0.29, 0.717) is 5.92 Å². The summed E-state index contributed by atoms with van der Waals surface area (Å²) in [4.78, 5) is 11.4. The summed E-state index contributed by atoms with van der Waals surface area (Å²) in [5.74, 6) is 1.38. The van der Waals surface area contributed by atoms with Gasteiger partial charge in [-0.05, 0) is 56.4 Å². The van der Waals surface area contributed by atoms with Crippen molar-refractivity contribution in [3.05, 3.63) is 28.8 Å². The van der Waals surface area contributed by atoms with Crippen molar-refractivity contribution < 1.29 is 9.53 Å². The zero-order valence-electron chi connectivity index (χ0n) is 11.6. The lowest BCUT2D eigenvalue weighted by Crippen LogP contribution is -2.21. The highest BCUT2D eigenvalue weighted by Gasteiger charge is 2.21. The zero-order chi connectivity index (χ0) is 13.8. The van der Waals surface area contributed by atoms with Gasteiger partial charge in [0.2, 0.25) is 0 Å². The molecular formula is C16H21ClO2. The topological polar surface area (TPSA) is 26.3 Å². The van der Waals surface area contributed by atoms with Gasteiger partial charge >= 0.3 is 0 Å². The Balaban J connectivity index is 2.24. The third kappa shape index (κ3) is 3.73. The van der Waals surface area contributed by atoms with Gasteiger partial charge in [-0.1, -0.05) is 30.9 Å². The molecule has 2 rings (SSSR count). The van der Waals surface area contributed by atoms with E-state index in [1.165, 1.54) is 37.7 Å². The minimum Gasteiger partial charge on any atom is -0.483 e. The third-order valence-electron chi connectivity index (χ3n) is 3.89. The molecule has 1 aromatic rings. The third-order valence-corrected chi connectivity index (χ3v) is 4.13. The first-order chi connectivity index (χ1) is 9.08.